The summed E-state index contributed by atoms with van der Waals surface area (Å²) in [5.74, 6) is -1.79. The van der Waals surface area contributed by atoms with Crippen LogP contribution in [0.2, 0.25) is 0 Å². The Hall–Kier alpha value is -2.18. The summed E-state index contributed by atoms with van der Waals surface area (Å²) in [4.78, 5) is 48.9. The Morgan fingerprint density at radius 3 is 2.50 bits per heavy atom. The molecule has 4 aliphatic rings. The summed E-state index contributed by atoms with van der Waals surface area (Å²) in [6, 6.07) is 0. The second-order valence-corrected chi connectivity index (χ2v) is 10.9. The van der Waals surface area contributed by atoms with Crippen LogP contribution in [0, 0.1) is 45.8 Å². The molecule has 0 radical (unpaired) electrons. The minimum absolute atomic E-state index is 0.00333. The number of esters is 1. The zero-order valence-corrected chi connectivity index (χ0v) is 19.1. The highest BCUT2D eigenvalue weighted by molar-refractivity contribution is 5.90. The van der Waals surface area contributed by atoms with E-state index in [0.717, 1.165) is 31.1 Å². The summed E-state index contributed by atoms with van der Waals surface area (Å²) in [5.41, 5.74) is -1.98. The standard InChI is InChI=1S/C25H34O7/c1-14(2)19-10-16-11-24(13-26)18-5-4-15(3)17(18)12-23(16,25(19,24)22(30)31)8-9-32-21(29)7-6-20(27)28/h10,13-18H,4-9,11-12H2,1-3H3,(H,27,28)(H,30,31)/t15-,16?,17?,18?,23?,24?,25?/m1/s1. The molecule has 6 unspecified atom stereocenters. The molecule has 32 heavy (non-hydrogen) atoms. The van der Waals surface area contributed by atoms with Gasteiger partial charge in [-0.05, 0) is 55.3 Å². The fourth-order valence-corrected chi connectivity index (χ4v) is 8.46. The summed E-state index contributed by atoms with van der Waals surface area (Å²) < 4.78 is 5.38. The van der Waals surface area contributed by atoms with Crippen LogP contribution in [0.3, 0.4) is 0 Å². The molecular formula is C25H34O7. The van der Waals surface area contributed by atoms with E-state index in [1.807, 2.05) is 13.8 Å². The van der Waals surface area contributed by atoms with Gasteiger partial charge in [-0.15, -0.1) is 0 Å². The Bertz CT molecular complexity index is 876. The number of fused-ring (bicyclic) bond motifs is 2. The van der Waals surface area contributed by atoms with Gasteiger partial charge in [-0.2, -0.15) is 0 Å². The van der Waals surface area contributed by atoms with Crippen molar-refractivity contribution < 1.29 is 34.1 Å². The summed E-state index contributed by atoms with van der Waals surface area (Å²) in [6.45, 7) is 6.25. The first-order valence-electron chi connectivity index (χ1n) is 11.9. The highest BCUT2D eigenvalue weighted by atomic mass is 16.5. The van der Waals surface area contributed by atoms with E-state index in [1.54, 1.807) is 0 Å². The van der Waals surface area contributed by atoms with Crippen LogP contribution in [0.5, 0.6) is 0 Å². The smallest absolute Gasteiger partial charge is 0.315 e. The first-order chi connectivity index (χ1) is 15.1. The number of carboxylic acid groups (broad SMARTS) is 2. The number of allylic oxidation sites excluding steroid dienone is 1. The van der Waals surface area contributed by atoms with Crippen LogP contribution in [0.4, 0.5) is 0 Å². The van der Waals surface area contributed by atoms with Gasteiger partial charge in [-0.25, -0.2) is 0 Å². The molecule has 0 heterocycles. The number of carbonyl (C=O) groups excluding carboxylic acids is 2. The second kappa shape index (κ2) is 7.70. The molecule has 0 aromatic rings. The Morgan fingerprint density at radius 2 is 1.91 bits per heavy atom. The Balaban J connectivity index is 1.73. The third-order valence-corrected chi connectivity index (χ3v) is 9.48. The molecule has 7 heteroatoms. The fourth-order valence-electron chi connectivity index (χ4n) is 8.46. The van der Waals surface area contributed by atoms with E-state index in [9.17, 15) is 24.3 Å². The van der Waals surface area contributed by atoms with Gasteiger partial charge in [-0.1, -0.05) is 38.8 Å². The predicted octanol–water partition coefficient (Wildman–Crippen LogP) is 3.71. The third-order valence-electron chi connectivity index (χ3n) is 9.48. The molecule has 0 aromatic carbocycles. The van der Waals surface area contributed by atoms with Crippen molar-refractivity contribution >= 4 is 24.2 Å². The molecule has 0 aromatic heterocycles. The summed E-state index contributed by atoms with van der Waals surface area (Å²) >= 11 is 0. The van der Waals surface area contributed by atoms with Crippen LogP contribution in [0.25, 0.3) is 0 Å². The molecule has 0 saturated heterocycles. The molecule has 4 rings (SSSR count). The summed E-state index contributed by atoms with van der Waals surface area (Å²) in [6.07, 6.45) is 6.17. The maximum Gasteiger partial charge on any atom is 0.315 e. The topological polar surface area (TPSA) is 118 Å². The van der Waals surface area contributed by atoms with Crippen LogP contribution in [-0.2, 0) is 23.9 Å². The van der Waals surface area contributed by atoms with E-state index in [4.69, 9.17) is 9.84 Å². The fraction of sp³-hybridized carbons (Fsp3) is 0.760. The number of carboxylic acids is 2. The Labute approximate surface area is 188 Å². The zero-order chi connectivity index (χ0) is 23.5. The molecular weight excluding hydrogens is 412 g/mol. The molecule has 3 saturated carbocycles. The zero-order valence-electron chi connectivity index (χ0n) is 19.1. The van der Waals surface area contributed by atoms with Crippen molar-refractivity contribution in [2.45, 2.75) is 65.7 Å². The minimum Gasteiger partial charge on any atom is -0.481 e. The molecule has 0 spiro atoms. The van der Waals surface area contributed by atoms with E-state index >= 15 is 0 Å². The lowest BCUT2D eigenvalue weighted by atomic mass is 9.42. The van der Waals surface area contributed by atoms with Gasteiger partial charge in [0.15, 0.2) is 0 Å². The molecule has 2 N–H and O–H groups in total. The molecule has 7 atom stereocenters. The predicted molar refractivity (Wildman–Crippen MR) is 114 cm³/mol. The van der Waals surface area contributed by atoms with E-state index in [2.05, 4.69) is 13.0 Å². The molecule has 3 fully saturated rings. The van der Waals surface area contributed by atoms with Gasteiger partial charge in [0.05, 0.1) is 24.9 Å². The van der Waals surface area contributed by atoms with Gasteiger partial charge in [0, 0.05) is 5.41 Å². The average Bonchev–Trinajstić information content (AvgIpc) is 3.29. The molecule has 0 amide bonds. The Morgan fingerprint density at radius 1 is 1.19 bits per heavy atom. The molecule has 4 bridgehead atoms. The average molecular weight is 447 g/mol. The van der Waals surface area contributed by atoms with E-state index in [-0.39, 0.29) is 37.2 Å². The molecule has 0 aliphatic heterocycles. The van der Waals surface area contributed by atoms with Crippen LogP contribution in [0.1, 0.15) is 65.7 Å². The third kappa shape index (κ3) is 2.72. The number of hydrogen-bond donors (Lipinski definition) is 2. The van der Waals surface area contributed by atoms with E-state index < -0.39 is 34.2 Å². The lowest BCUT2D eigenvalue weighted by Crippen LogP contribution is -2.62. The van der Waals surface area contributed by atoms with Crippen molar-refractivity contribution in [1.29, 1.82) is 0 Å². The van der Waals surface area contributed by atoms with Crippen molar-refractivity contribution in [1.82, 2.24) is 0 Å². The van der Waals surface area contributed by atoms with Gasteiger partial charge in [0.2, 0.25) is 0 Å². The van der Waals surface area contributed by atoms with Crippen molar-refractivity contribution in [3.63, 3.8) is 0 Å². The van der Waals surface area contributed by atoms with E-state index in [1.165, 1.54) is 0 Å². The van der Waals surface area contributed by atoms with Crippen molar-refractivity contribution in [2.75, 3.05) is 6.61 Å². The summed E-state index contributed by atoms with van der Waals surface area (Å²) in [5, 5.41) is 19.6. The number of hydrogen-bond acceptors (Lipinski definition) is 5. The van der Waals surface area contributed by atoms with Gasteiger partial charge in [0.25, 0.3) is 0 Å². The van der Waals surface area contributed by atoms with Gasteiger partial charge >= 0.3 is 17.9 Å². The maximum absolute atomic E-state index is 13.3. The highest BCUT2D eigenvalue weighted by Gasteiger charge is 2.83. The van der Waals surface area contributed by atoms with E-state index in [0.29, 0.717) is 24.7 Å². The summed E-state index contributed by atoms with van der Waals surface area (Å²) in [7, 11) is 0. The Kier molecular flexibility index (Phi) is 5.53. The normalized spacial score (nSPS) is 41.3. The lowest BCUT2D eigenvalue weighted by Gasteiger charge is -2.58. The quantitative estimate of drug-likeness (QED) is 0.315. The highest BCUT2D eigenvalue weighted by Crippen LogP contribution is 2.83. The number of ether oxygens (including phenoxy) is 1. The molecule has 4 aliphatic carbocycles. The van der Waals surface area contributed by atoms with Crippen LogP contribution in [0.15, 0.2) is 11.6 Å². The largest absolute Gasteiger partial charge is 0.481 e. The first-order valence-corrected chi connectivity index (χ1v) is 11.9. The van der Waals surface area contributed by atoms with Gasteiger partial charge in [0.1, 0.15) is 11.7 Å². The number of carbonyl (C=O) groups is 4. The van der Waals surface area contributed by atoms with Gasteiger partial charge < -0.3 is 19.7 Å². The number of aldehydes is 1. The molecule has 176 valence electrons. The van der Waals surface area contributed by atoms with Crippen molar-refractivity contribution in [3.05, 3.63) is 11.6 Å². The van der Waals surface area contributed by atoms with Crippen molar-refractivity contribution in [3.8, 4) is 0 Å². The maximum atomic E-state index is 13.3. The second-order valence-electron chi connectivity index (χ2n) is 10.9. The van der Waals surface area contributed by atoms with Crippen LogP contribution < -0.4 is 0 Å². The lowest BCUT2D eigenvalue weighted by molar-refractivity contribution is -0.182. The molecule has 7 nitrogen and oxygen atoms in total. The van der Waals surface area contributed by atoms with Crippen LogP contribution >= 0.6 is 0 Å². The SMILES string of the molecule is CC(C)C1=CC2CC3(C=O)C4CC[C@@H](C)C4CC2(CCOC(=O)CCC(=O)O)C13C(=O)O. The van der Waals surface area contributed by atoms with Crippen molar-refractivity contribution in [2.24, 2.45) is 45.8 Å². The monoisotopic (exact) mass is 446 g/mol. The first kappa shape index (κ1) is 23.0. The minimum atomic E-state index is -1.26. The number of aliphatic carboxylic acids is 2. The van der Waals surface area contributed by atoms with Crippen LogP contribution in [-0.4, -0.2) is 41.0 Å². The number of rotatable bonds is 9. The van der Waals surface area contributed by atoms with Gasteiger partial charge in [-0.3, -0.25) is 14.4 Å².